The molecule has 0 radical (unpaired) electrons. The van der Waals surface area contributed by atoms with Gasteiger partial charge in [-0.15, -0.1) is 0 Å². The molecule has 0 spiro atoms. The molecule has 1 unspecified atom stereocenters. The number of aromatic nitrogens is 1. The number of hydrogen-bond donors (Lipinski definition) is 2. The molecule has 1 aromatic heterocycles. The maximum Gasteiger partial charge on any atom is 0.270 e. The number of carbonyl (C=O) groups excluding carboxylic acids is 1. The minimum absolute atomic E-state index is 0.107. The molecule has 1 atom stereocenters. The standard InChI is InChI=1S/C17H21N3O/c1-18-11-13-9-10-20(12-13)17(21)16-8-7-15(19-16)14-5-3-2-4-6-14/h2-8,13,18-19H,9-12H2,1H3. The minimum Gasteiger partial charge on any atom is -0.351 e. The van der Waals surface area contributed by atoms with E-state index in [1.165, 1.54) is 0 Å². The molecular formula is C17H21N3O. The van der Waals surface area contributed by atoms with Gasteiger partial charge in [0, 0.05) is 18.8 Å². The van der Waals surface area contributed by atoms with Gasteiger partial charge in [-0.05, 0) is 43.6 Å². The second kappa shape index (κ2) is 6.14. The average molecular weight is 283 g/mol. The Hall–Kier alpha value is -2.07. The molecule has 21 heavy (non-hydrogen) atoms. The first-order valence-electron chi connectivity index (χ1n) is 7.46. The fraction of sp³-hybridized carbons (Fsp3) is 0.353. The lowest BCUT2D eigenvalue weighted by atomic mass is 10.1. The molecule has 1 aliphatic rings. The minimum atomic E-state index is 0.107. The molecule has 1 saturated heterocycles. The molecule has 3 rings (SSSR count). The van der Waals surface area contributed by atoms with Crippen LogP contribution in [0.5, 0.6) is 0 Å². The second-order valence-corrected chi connectivity index (χ2v) is 5.62. The van der Waals surface area contributed by atoms with E-state index in [1.807, 2.05) is 54.4 Å². The number of hydrogen-bond acceptors (Lipinski definition) is 2. The fourth-order valence-corrected chi connectivity index (χ4v) is 2.95. The average Bonchev–Trinajstić information content (AvgIpc) is 3.17. The summed E-state index contributed by atoms with van der Waals surface area (Å²) >= 11 is 0. The number of nitrogens with one attached hydrogen (secondary N) is 2. The Kier molecular flexibility index (Phi) is 4.06. The molecule has 2 heterocycles. The van der Waals surface area contributed by atoms with Gasteiger partial charge < -0.3 is 15.2 Å². The van der Waals surface area contributed by atoms with Gasteiger partial charge in [0.2, 0.25) is 0 Å². The van der Waals surface area contributed by atoms with Gasteiger partial charge in [-0.3, -0.25) is 4.79 Å². The number of aromatic amines is 1. The lowest BCUT2D eigenvalue weighted by molar-refractivity contribution is 0.0782. The predicted octanol–water partition coefficient (Wildman–Crippen LogP) is 2.36. The first-order chi connectivity index (χ1) is 10.3. The van der Waals surface area contributed by atoms with Crippen molar-refractivity contribution in [1.82, 2.24) is 15.2 Å². The van der Waals surface area contributed by atoms with E-state index in [0.29, 0.717) is 11.6 Å². The topological polar surface area (TPSA) is 48.1 Å². The number of likely N-dealkylation sites (tertiary alicyclic amines) is 1. The highest BCUT2D eigenvalue weighted by Gasteiger charge is 2.27. The van der Waals surface area contributed by atoms with Gasteiger partial charge in [0.15, 0.2) is 0 Å². The quantitative estimate of drug-likeness (QED) is 0.905. The van der Waals surface area contributed by atoms with Crippen molar-refractivity contribution in [3.8, 4) is 11.3 Å². The number of nitrogens with zero attached hydrogens (tertiary/aromatic N) is 1. The summed E-state index contributed by atoms with van der Waals surface area (Å²) in [5.41, 5.74) is 2.77. The molecule has 4 nitrogen and oxygen atoms in total. The number of benzene rings is 1. The van der Waals surface area contributed by atoms with Crippen LogP contribution >= 0.6 is 0 Å². The van der Waals surface area contributed by atoms with Gasteiger partial charge in [-0.25, -0.2) is 0 Å². The summed E-state index contributed by atoms with van der Waals surface area (Å²) in [6, 6.07) is 13.9. The molecule has 0 saturated carbocycles. The maximum absolute atomic E-state index is 12.5. The first-order valence-corrected chi connectivity index (χ1v) is 7.46. The summed E-state index contributed by atoms with van der Waals surface area (Å²) in [5, 5.41) is 3.19. The van der Waals surface area contributed by atoms with Gasteiger partial charge in [0.1, 0.15) is 5.69 Å². The van der Waals surface area contributed by atoms with Gasteiger partial charge in [-0.1, -0.05) is 30.3 Å². The van der Waals surface area contributed by atoms with Crippen molar-refractivity contribution in [2.24, 2.45) is 5.92 Å². The normalized spacial score (nSPS) is 18.1. The molecular weight excluding hydrogens is 262 g/mol. The molecule has 2 aromatic rings. The third kappa shape index (κ3) is 3.00. The number of rotatable bonds is 4. The number of carbonyl (C=O) groups is 1. The Morgan fingerprint density at radius 3 is 2.86 bits per heavy atom. The molecule has 1 amide bonds. The Balaban J connectivity index is 1.70. The van der Waals surface area contributed by atoms with Crippen LogP contribution in [0.2, 0.25) is 0 Å². The van der Waals surface area contributed by atoms with Crippen LogP contribution in [0.3, 0.4) is 0 Å². The van der Waals surface area contributed by atoms with E-state index < -0.39 is 0 Å². The van der Waals surface area contributed by atoms with Crippen molar-refractivity contribution in [2.45, 2.75) is 6.42 Å². The van der Waals surface area contributed by atoms with Crippen molar-refractivity contribution >= 4 is 5.91 Å². The lowest BCUT2D eigenvalue weighted by Gasteiger charge is -2.15. The second-order valence-electron chi connectivity index (χ2n) is 5.62. The molecule has 2 N–H and O–H groups in total. The van der Waals surface area contributed by atoms with Crippen molar-refractivity contribution in [1.29, 1.82) is 0 Å². The SMILES string of the molecule is CNCC1CCN(C(=O)c2ccc(-c3ccccc3)[nH]2)C1. The molecule has 1 aromatic carbocycles. The predicted molar refractivity (Wildman–Crippen MR) is 84.2 cm³/mol. The van der Waals surface area contributed by atoms with Crippen LogP contribution in [0, 0.1) is 5.92 Å². The van der Waals surface area contributed by atoms with E-state index in [9.17, 15) is 4.79 Å². The zero-order valence-electron chi connectivity index (χ0n) is 12.3. The Labute approximate surface area is 125 Å². The highest BCUT2D eigenvalue weighted by atomic mass is 16.2. The lowest BCUT2D eigenvalue weighted by Crippen LogP contribution is -2.30. The maximum atomic E-state index is 12.5. The summed E-state index contributed by atoms with van der Waals surface area (Å²) in [5.74, 6) is 0.679. The van der Waals surface area contributed by atoms with Gasteiger partial charge in [0.25, 0.3) is 5.91 Å². The van der Waals surface area contributed by atoms with E-state index in [1.54, 1.807) is 0 Å². The van der Waals surface area contributed by atoms with E-state index in [4.69, 9.17) is 0 Å². The Morgan fingerprint density at radius 1 is 1.29 bits per heavy atom. The molecule has 0 bridgehead atoms. The number of H-pyrrole nitrogens is 1. The third-order valence-corrected chi connectivity index (χ3v) is 4.07. The molecule has 1 fully saturated rings. The van der Waals surface area contributed by atoms with E-state index >= 15 is 0 Å². The summed E-state index contributed by atoms with van der Waals surface area (Å²) in [4.78, 5) is 17.7. The van der Waals surface area contributed by atoms with Gasteiger partial charge >= 0.3 is 0 Å². The number of amides is 1. The fourth-order valence-electron chi connectivity index (χ4n) is 2.95. The van der Waals surface area contributed by atoms with E-state index in [-0.39, 0.29) is 5.91 Å². The molecule has 0 aliphatic carbocycles. The summed E-state index contributed by atoms with van der Waals surface area (Å²) < 4.78 is 0. The van der Waals surface area contributed by atoms with Gasteiger partial charge in [-0.2, -0.15) is 0 Å². The van der Waals surface area contributed by atoms with Crippen LogP contribution in [-0.4, -0.2) is 42.5 Å². The summed E-state index contributed by atoms with van der Waals surface area (Å²) in [7, 11) is 1.96. The van der Waals surface area contributed by atoms with Crippen LogP contribution in [-0.2, 0) is 0 Å². The van der Waals surface area contributed by atoms with Crippen LogP contribution in [0.25, 0.3) is 11.3 Å². The Bertz CT molecular complexity index is 606. The zero-order valence-corrected chi connectivity index (χ0v) is 12.3. The van der Waals surface area contributed by atoms with Crippen LogP contribution in [0.4, 0.5) is 0 Å². The van der Waals surface area contributed by atoms with Crippen LogP contribution in [0.1, 0.15) is 16.9 Å². The third-order valence-electron chi connectivity index (χ3n) is 4.07. The highest BCUT2D eigenvalue weighted by Crippen LogP contribution is 2.21. The van der Waals surface area contributed by atoms with E-state index in [2.05, 4.69) is 10.3 Å². The highest BCUT2D eigenvalue weighted by molar-refractivity contribution is 5.93. The first kappa shape index (κ1) is 13.9. The Morgan fingerprint density at radius 2 is 2.10 bits per heavy atom. The van der Waals surface area contributed by atoms with Gasteiger partial charge in [0.05, 0.1) is 0 Å². The van der Waals surface area contributed by atoms with Crippen molar-refractivity contribution in [3.63, 3.8) is 0 Å². The van der Waals surface area contributed by atoms with E-state index in [0.717, 1.165) is 37.3 Å². The van der Waals surface area contributed by atoms with Crippen LogP contribution in [0.15, 0.2) is 42.5 Å². The van der Waals surface area contributed by atoms with Crippen molar-refractivity contribution in [3.05, 3.63) is 48.2 Å². The largest absolute Gasteiger partial charge is 0.351 e. The zero-order chi connectivity index (χ0) is 14.7. The monoisotopic (exact) mass is 283 g/mol. The molecule has 110 valence electrons. The van der Waals surface area contributed by atoms with Crippen molar-refractivity contribution in [2.75, 3.05) is 26.7 Å². The molecule has 4 heteroatoms. The van der Waals surface area contributed by atoms with Crippen molar-refractivity contribution < 1.29 is 4.79 Å². The smallest absolute Gasteiger partial charge is 0.270 e. The molecule has 1 aliphatic heterocycles. The summed E-state index contributed by atoms with van der Waals surface area (Å²) in [6.45, 7) is 2.67. The van der Waals surface area contributed by atoms with Crippen LogP contribution < -0.4 is 5.32 Å². The summed E-state index contributed by atoms with van der Waals surface area (Å²) in [6.07, 6.45) is 1.08.